The van der Waals surface area contributed by atoms with E-state index in [2.05, 4.69) is 63.5 Å². The molecule has 0 saturated carbocycles. The summed E-state index contributed by atoms with van der Waals surface area (Å²) in [6.45, 7) is 4.90. The van der Waals surface area contributed by atoms with Gasteiger partial charge in [0.25, 0.3) is 0 Å². The molecule has 1 aromatic carbocycles. The van der Waals surface area contributed by atoms with Crippen molar-refractivity contribution in [3.8, 4) is 0 Å². The van der Waals surface area contributed by atoms with Gasteiger partial charge in [0.05, 0.1) is 6.33 Å². The molecular formula is C18H19ClN6. The zero-order valence-electron chi connectivity index (χ0n) is 14.1. The molecule has 7 heteroatoms. The van der Waals surface area contributed by atoms with Gasteiger partial charge in [-0.1, -0.05) is 18.2 Å². The Kier molecular flexibility index (Phi) is 4.05. The smallest absolute Gasteiger partial charge is 0.226 e. The van der Waals surface area contributed by atoms with Crippen molar-refractivity contribution in [1.29, 1.82) is 0 Å². The molecule has 0 amide bonds. The molecule has 0 aliphatic rings. The van der Waals surface area contributed by atoms with Gasteiger partial charge in [0.1, 0.15) is 0 Å². The van der Waals surface area contributed by atoms with Crippen molar-refractivity contribution in [2.45, 2.75) is 26.3 Å². The van der Waals surface area contributed by atoms with Gasteiger partial charge in [-0.2, -0.15) is 9.97 Å². The fourth-order valence-corrected chi connectivity index (χ4v) is 3.21. The molecular weight excluding hydrogens is 336 g/mol. The Morgan fingerprint density at radius 2 is 2.08 bits per heavy atom. The average molecular weight is 355 g/mol. The number of imidazole rings is 1. The fourth-order valence-electron chi connectivity index (χ4n) is 3.05. The van der Waals surface area contributed by atoms with Crippen LogP contribution in [0.1, 0.15) is 25.5 Å². The van der Waals surface area contributed by atoms with E-state index in [4.69, 9.17) is 11.6 Å². The Hall–Kier alpha value is -2.60. The van der Waals surface area contributed by atoms with E-state index >= 15 is 0 Å². The van der Waals surface area contributed by atoms with Crippen molar-refractivity contribution >= 4 is 39.5 Å². The van der Waals surface area contributed by atoms with Crippen LogP contribution in [0, 0.1) is 0 Å². The van der Waals surface area contributed by atoms with Crippen LogP contribution in [-0.4, -0.2) is 31.0 Å². The molecule has 2 N–H and O–H groups in total. The third kappa shape index (κ3) is 2.93. The number of anilines is 1. The molecule has 0 spiro atoms. The van der Waals surface area contributed by atoms with E-state index in [1.807, 2.05) is 10.6 Å². The van der Waals surface area contributed by atoms with Crippen molar-refractivity contribution in [3.05, 3.63) is 47.6 Å². The molecule has 0 radical (unpaired) electrons. The van der Waals surface area contributed by atoms with E-state index in [0.717, 1.165) is 29.6 Å². The summed E-state index contributed by atoms with van der Waals surface area (Å²) in [5.74, 6) is 0.675. The summed E-state index contributed by atoms with van der Waals surface area (Å²) in [4.78, 5) is 16.4. The molecule has 0 atom stereocenters. The fraction of sp³-hybridized carbons (Fsp3) is 0.278. The number of fused-ring (bicyclic) bond motifs is 2. The molecule has 0 aliphatic heterocycles. The molecule has 3 heterocycles. The van der Waals surface area contributed by atoms with E-state index in [9.17, 15) is 0 Å². The van der Waals surface area contributed by atoms with E-state index in [1.54, 1.807) is 6.33 Å². The normalized spacial score (nSPS) is 11.7. The molecule has 4 rings (SSSR count). The predicted molar refractivity (Wildman–Crippen MR) is 101 cm³/mol. The van der Waals surface area contributed by atoms with Gasteiger partial charge in [0, 0.05) is 29.7 Å². The number of aromatic amines is 1. The second-order valence-electron chi connectivity index (χ2n) is 6.30. The van der Waals surface area contributed by atoms with E-state index in [1.165, 1.54) is 10.9 Å². The third-order valence-electron chi connectivity index (χ3n) is 4.31. The summed E-state index contributed by atoms with van der Waals surface area (Å²) in [6.07, 6.45) is 4.71. The van der Waals surface area contributed by atoms with Crippen LogP contribution in [0.3, 0.4) is 0 Å². The van der Waals surface area contributed by atoms with Gasteiger partial charge in [0.2, 0.25) is 5.28 Å². The van der Waals surface area contributed by atoms with E-state index < -0.39 is 0 Å². The number of hydrogen-bond acceptors (Lipinski definition) is 4. The minimum Gasteiger partial charge on any atom is -0.368 e. The molecule has 25 heavy (non-hydrogen) atoms. The van der Waals surface area contributed by atoms with Crippen LogP contribution in [0.15, 0.2) is 36.8 Å². The highest BCUT2D eigenvalue weighted by Gasteiger charge is 2.14. The molecule has 0 unspecified atom stereocenters. The zero-order valence-corrected chi connectivity index (χ0v) is 14.9. The van der Waals surface area contributed by atoms with Crippen molar-refractivity contribution in [2.24, 2.45) is 0 Å². The Morgan fingerprint density at radius 3 is 2.92 bits per heavy atom. The summed E-state index contributed by atoms with van der Waals surface area (Å²) in [5, 5.41) is 4.83. The van der Waals surface area contributed by atoms with Crippen LogP contribution in [-0.2, 0) is 6.42 Å². The molecule has 6 nitrogen and oxygen atoms in total. The number of benzene rings is 1. The number of para-hydroxylation sites is 1. The first-order valence-corrected chi connectivity index (χ1v) is 8.70. The number of hydrogen-bond donors (Lipinski definition) is 2. The van der Waals surface area contributed by atoms with Crippen molar-refractivity contribution in [1.82, 2.24) is 24.5 Å². The van der Waals surface area contributed by atoms with Gasteiger partial charge >= 0.3 is 0 Å². The van der Waals surface area contributed by atoms with Crippen LogP contribution in [0.5, 0.6) is 0 Å². The number of aromatic nitrogens is 5. The maximum Gasteiger partial charge on any atom is 0.226 e. The summed E-state index contributed by atoms with van der Waals surface area (Å²) < 4.78 is 1.99. The lowest BCUT2D eigenvalue weighted by Gasteiger charge is -2.09. The number of nitrogens with zero attached hydrogens (tertiary/aromatic N) is 4. The van der Waals surface area contributed by atoms with E-state index in [-0.39, 0.29) is 11.3 Å². The Balaban J connectivity index is 1.57. The van der Waals surface area contributed by atoms with Gasteiger partial charge in [-0.25, -0.2) is 4.98 Å². The standard InChI is InChI=1S/C18H19ClN6/c1-11(2)25-10-22-15-16(23-18(19)24-17(15)25)20-8-7-12-9-21-14-6-4-3-5-13(12)14/h3-6,9-11,21H,7-8H2,1-2H3,(H,20,23,24). The molecule has 0 bridgehead atoms. The maximum absolute atomic E-state index is 6.11. The first-order valence-electron chi connectivity index (χ1n) is 8.32. The Morgan fingerprint density at radius 1 is 1.24 bits per heavy atom. The van der Waals surface area contributed by atoms with Crippen LogP contribution >= 0.6 is 11.6 Å². The number of rotatable bonds is 5. The second-order valence-corrected chi connectivity index (χ2v) is 6.63. The van der Waals surface area contributed by atoms with E-state index in [0.29, 0.717) is 5.82 Å². The Bertz CT molecular complexity index is 1030. The first kappa shape index (κ1) is 15.9. The van der Waals surface area contributed by atoms with Crippen LogP contribution < -0.4 is 5.32 Å². The molecule has 0 saturated heterocycles. The first-order chi connectivity index (χ1) is 12.1. The second kappa shape index (κ2) is 6.37. The van der Waals surface area contributed by atoms with Crippen LogP contribution in [0.2, 0.25) is 5.28 Å². The van der Waals surface area contributed by atoms with Gasteiger partial charge < -0.3 is 14.9 Å². The molecule has 0 fully saturated rings. The molecule has 0 aliphatic carbocycles. The summed E-state index contributed by atoms with van der Waals surface area (Å²) >= 11 is 6.11. The Labute approximate surface area is 150 Å². The predicted octanol–water partition coefficient (Wildman–Crippen LogP) is 4.20. The lowest BCUT2D eigenvalue weighted by molar-refractivity contribution is 0.612. The average Bonchev–Trinajstić information content (AvgIpc) is 3.19. The van der Waals surface area contributed by atoms with Crippen molar-refractivity contribution in [2.75, 3.05) is 11.9 Å². The van der Waals surface area contributed by atoms with Crippen molar-refractivity contribution in [3.63, 3.8) is 0 Å². The van der Waals surface area contributed by atoms with Crippen molar-refractivity contribution < 1.29 is 0 Å². The monoisotopic (exact) mass is 354 g/mol. The zero-order chi connectivity index (χ0) is 17.4. The van der Waals surface area contributed by atoms with Gasteiger partial charge in [-0.3, -0.25) is 0 Å². The minimum absolute atomic E-state index is 0.226. The summed E-state index contributed by atoms with van der Waals surface area (Å²) in [7, 11) is 0. The maximum atomic E-state index is 6.11. The highest BCUT2D eigenvalue weighted by Crippen LogP contribution is 2.24. The number of nitrogens with one attached hydrogen (secondary N) is 2. The third-order valence-corrected chi connectivity index (χ3v) is 4.48. The van der Waals surface area contributed by atoms with Crippen LogP contribution in [0.4, 0.5) is 5.82 Å². The van der Waals surface area contributed by atoms with Crippen LogP contribution in [0.25, 0.3) is 22.1 Å². The molecule has 3 aromatic heterocycles. The highest BCUT2D eigenvalue weighted by atomic mass is 35.5. The van der Waals surface area contributed by atoms with Gasteiger partial charge in [-0.15, -0.1) is 0 Å². The SMILES string of the molecule is CC(C)n1cnc2c(NCCc3c[nH]c4ccccc34)nc(Cl)nc21. The molecule has 128 valence electrons. The van der Waals surface area contributed by atoms with Gasteiger partial charge in [0.15, 0.2) is 17.0 Å². The number of halogens is 1. The largest absolute Gasteiger partial charge is 0.368 e. The lowest BCUT2D eigenvalue weighted by atomic mass is 10.1. The highest BCUT2D eigenvalue weighted by molar-refractivity contribution is 6.28. The minimum atomic E-state index is 0.226. The summed E-state index contributed by atoms with van der Waals surface area (Å²) in [6, 6.07) is 8.56. The van der Waals surface area contributed by atoms with Gasteiger partial charge in [-0.05, 0) is 43.5 Å². The number of H-pyrrole nitrogens is 1. The lowest BCUT2D eigenvalue weighted by Crippen LogP contribution is -2.08. The summed E-state index contributed by atoms with van der Waals surface area (Å²) in [5.41, 5.74) is 3.93. The topological polar surface area (TPSA) is 71.4 Å². The molecule has 4 aromatic rings. The quantitative estimate of drug-likeness (QED) is 0.527.